The Labute approximate surface area is 87.6 Å². The molecule has 0 saturated heterocycles. The molecular formula is C9H10ClN3O. The van der Waals surface area contributed by atoms with Crippen LogP contribution in [0.4, 0.5) is 5.69 Å². The molecule has 5 heteroatoms. The number of nitrogens with one attached hydrogen (secondary N) is 1. The van der Waals surface area contributed by atoms with Crippen molar-refractivity contribution in [1.82, 2.24) is 4.98 Å². The maximum atomic E-state index is 11.0. The Bertz CT molecular complexity index is 389. The van der Waals surface area contributed by atoms with Crippen molar-refractivity contribution in [3.8, 4) is 0 Å². The Balaban J connectivity index is 0.000000980. The van der Waals surface area contributed by atoms with Crippen molar-refractivity contribution >= 4 is 29.6 Å². The number of aromatic nitrogens is 1. The molecule has 0 fully saturated rings. The van der Waals surface area contributed by atoms with Crippen LogP contribution in [-0.4, -0.2) is 17.4 Å². The van der Waals surface area contributed by atoms with E-state index in [9.17, 15) is 4.79 Å². The molecular weight excluding hydrogens is 202 g/mol. The van der Waals surface area contributed by atoms with E-state index < -0.39 is 5.91 Å². The summed E-state index contributed by atoms with van der Waals surface area (Å²) in [5, 5.41) is 3.10. The lowest BCUT2D eigenvalue weighted by molar-refractivity contribution is -0.112. The summed E-state index contributed by atoms with van der Waals surface area (Å²) in [6.07, 6.45) is 3.39. The Kier molecular flexibility index (Phi) is 3.09. The van der Waals surface area contributed by atoms with Crippen LogP contribution in [0.2, 0.25) is 0 Å². The summed E-state index contributed by atoms with van der Waals surface area (Å²) in [6.45, 7) is 0.622. The number of rotatable bonds is 1. The van der Waals surface area contributed by atoms with Gasteiger partial charge < -0.3 is 11.1 Å². The Morgan fingerprint density at radius 1 is 1.57 bits per heavy atom. The molecule has 0 aromatic carbocycles. The van der Waals surface area contributed by atoms with E-state index in [0.717, 1.165) is 5.69 Å². The number of nitrogens with zero attached hydrogens (tertiary/aromatic N) is 1. The van der Waals surface area contributed by atoms with E-state index in [4.69, 9.17) is 5.73 Å². The highest BCUT2D eigenvalue weighted by molar-refractivity contribution is 6.20. The summed E-state index contributed by atoms with van der Waals surface area (Å²) in [7, 11) is 0. The van der Waals surface area contributed by atoms with Gasteiger partial charge in [-0.25, -0.2) is 0 Å². The van der Waals surface area contributed by atoms with Gasteiger partial charge in [0.15, 0.2) is 0 Å². The lowest BCUT2D eigenvalue weighted by Gasteiger charge is -2.15. The van der Waals surface area contributed by atoms with Crippen molar-refractivity contribution in [2.75, 3.05) is 11.9 Å². The Morgan fingerprint density at radius 2 is 2.36 bits per heavy atom. The molecule has 2 rings (SSSR count). The summed E-state index contributed by atoms with van der Waals surface area (Å²) in [4.78, 5) is 15.1. The van der Waals surface area contributed by atoms with Gasteiger partial charge in [-0.05, 0) is 12.1 Å². The fourth-order valence-electron chi connectivity index (χ4n) is 1.34. The van der Waals surface area contributed by atoms with Gasteiger partial charge in [-0.2, -0.15) is 0 Å². The molecule has 0 spiro atoms. The zero-order chi connectivity index (χ0) is 9.26. The first-order chi connectivity index (χ1) is 6.29. The summed E-state index contributed by atoms with van der Waals surface area (Å²) < 4.78 is 0. The lowest BCUT2D eigenvalue weighted by atomic mass is 10.1. The molecule has 1 amide bonds. The monoisotopic (exact) mass is 211 g/mol. The van der Waals surface area contributed by atoms with Gasteiger partial charge in [0.1, 0.15) is 0 Å². The number of pyridine rings is 1. The Hall–Kier alpha value is -1.55. The van der Waals surface area contributed by atoms with E-state index in [0.29, 0.717) is 17.8 Å². The number of carbonyl (C=O) groups is 1. The first-order valence-corrected chi connectivity index (χ1v) is 3.98. The lowest BCUT2D eigenvalue weighted by Crippen LogP contribution is -2.19. The van der Waals surface area contributed by atoms with Gasteiger partial charge in [-0.1, -0.05) is 6.08 Å². The maximum Gasteiger partial charge on any atom is 0.250 e. The van der Waals surface area contributed by atoms with Crippen molar-refractivity contribution in [2.45, 2.75) is 0 Å². The van der Waals surface area contributed by atoms with Crippen molar-refractivity contribution in [3.63, 3.8) is 0 Å². The zero-order valence-electron chi connectivity index (χ0n) is 7.36. The number of halogens is 1. The average Bonchev–Trinajstić information content (AvgIpc) is 2.17. The van der Waals surface area contributed by atoms with Crippen LogP contribution < -0.4 is 11.1 Å². The molecule has 1 aromatic rings. The molecule has 0 unspecified atom stereocenters. The molecule has 0 aliphatic carbocycles. The molecule has 1 aromatic heterocycles. The highest BCUT2D eigenvalue weighted by Gasteiger charge is 2.16. The topological polar surface area (TPSA) is 68.0 Å². The first kappa shape index (κ1) is 10.5. The standard InChI is InChI=1S/C9H9N3O.ClH/c10-9(13)6-3-5-11-7-2-1-4-12-8(6)7;/h1-4,11H,5H2,(H2,10,13);1H. The minimum Gasteiger partial charge on any atom is -0.380 e. The van der Waals surface area contributed by atoms with Crippen LogP contribution in [0, 0.1) is 0 Å². The SMILES string of the molecule is Cl.NC(=O)C1=CCNc2cccnc21. The number of carbonyl (C=O) groups excluding carboxylic acids is 1. The van der Waals surface area contributed by atoms with Crippen molar-refractivity contribution in [3.05, 3.63) is 30.1 Å². The van der Waals surface area contributed by atoms with Crippen LogP contribution in [0.1, 0.15) is 5.69 Å². The summed E-state index contributed by atoms with van der Waals surface area (Å²) in [6, 6.07) is 3.69. The number of nitrogens with two attached hydrogens (primary N) is 1. The number of fused-ring (bicyclic) bond motifs is 1. The molecule has 1 aliphatic rings. The third-order valence-corrected chi connectivity index (χ3v) is 1.93. The second kappa shape index (κ2) is 4.11. The van der Waals surface area contributed by atoms with E-state index >= 15 is 0 Å². The number of hydrogen-bond acceptors (Lipinski definition) is 3. The number of amides is 1. The molecule has 2 heterocycles. The van der Waals surface area contributed by atoms with Crippen molar-refractivity contribution < 1.29 is 4.79 Å². The van der Waals surface area contributed by atoms with E-state index in [-0.39, 0.29) is 12.4 Å². The summed E-state index contributed by atoms with van der Waals surface area (Å²) >= 11 is 0. The van der Waals surface area contributed by atoms with Crippen LogP contribution in [0.25, 0.3) is 5.57 Å². The molecule has 4 nitrogen and oxygen atoms in total. The quantitative estimate of drug-likeness (QED) is 0.722. The maximum absolute atomic E-state index is 11.0. The van der Waals surface area contributed by atoms with Crippen molar-refractivity contribution in [1.29, 1.82) is 0 Å². The highest BCUT2D eigenvalue weighted by Crippen LogP contribution is 2.23. The van der Waals surface area contributed by atoms with E-state index in [2.05, 4.69) is 10.3 Å². The smallest absolute Gasteiger partial charge is 0.250 e. The van der Waals surface area contributed by atoms with E-state index in [1.165, 1.54) is 0 Å². The number of hydrogen-bond donors (Lipinski definition) is 2. The van der Waals surface area contributed by atoms with Gasteiger partial charge in [0, 0.05) is 12.7 Å². The fourth-order valence-corrected chi connectivity index (χ4v) is 1.34. The predicted octanol–water partition coefficient (Wildman–Crippen LogP) is 0.798. The molecule has 0 saturated carbocycles. The van der Waals surface area contributed by atoms with E-state index in [1.54, 1.807) is 12.3 Å². The van der Waals surface area contributed by atoms with Crippen LogP contribution >= 0.6 is 12.4 Å². The van der Waals surface area contributed by atoms with Gasteiger partial charge in [-0.15, -0.1) is 12.4 Å². The van der Waals surface area contributed by atoms with Gasteiger partial charge in [0.25, 0.3) is 5.91 Å². The zero-order valence-corrected chi connectivity index (χ0v) is 8.17. The van der Waals surface area contributed by atoms with Crippen LogP contribution in [0.3, 0.4) is 0 Å². The fraction of sp³-hybridized carbons (Fsp3) is 0.111. The van der Waals surface area contributed by atoms with E-state index in [1.807, 2.05) is 12.1 Å². The largest absolute Gasteiger partial charge is 0.380 e. The average molecular weight is 212 g/mol. The second-order valence-corrected chi connectivity index (χ2v) is 2.76. The molecule has 1 aliphatic heterocycles. The van der Waals surface area contributed by atoms with Crippen molar-refractivity contribution in [2.24, 2.45) is 5.73 Å². The summed E-state index contributed by atoms with van der Waals surface area (Å²) in [5.41, 5.74) is 7.20. The Morgan fingerprint density at radius 3 is 3.07 bits per heavy atom. The van der Waals surface area contributed by atoms with Crippen LogP contribution in [0.15, 0.2) is 24.4 Å². The van der Waals surface area contributed by atoms with Crippen LogP contribution in [0.5, 0.6) is 0 Å². The van der Waals surface area contributed by atoms with Gasteiger partial charge in [-0.3, -0.25) is 9.78 Å². The minimum absolute atomic E-state index is 0. The third kappa shape index (κ3) is 1.70. The molecule has 3 N–H and O–H groups in total. The predicted molar refractivity (Wildman–Crippen MR) is 57.1 cm³/mol. The minimum atomic E-state index is -0.429. The molecule has 14 heavy (non-hydrogen) atoms. The number of primary amides is 1. The summed E-state index contributed by atoms with van der Waals surface area (Å²) in [5.74, 6) is -0.429. The third-order valence-electron chi connectivity index (χ3n) is 1.93. The van der Waals surface area contributed by atoms with Gasteiger partial charge in [0.2, 0.25) is 0 Å². The number of anilines is 1. The molecule has 74 valence electrons. The second-order valence-electron chi connectivity index (χ2n) is 2.76. The van der Waals surface area contributed by atoms with Crippen LogP contribution in [-0.2, 0) is 4.79 Å². The first-order valence-electron chi connectivity index (χ1n) is 3.98. The highest BCUT2D eigenvalue weighted by atomic mass is 35.5. The van der Waals surface area contributed by atoms with Gasteiger partial charge >= 0.3 is 0 Å². The molecule has 0 atom stereocenters. The molecule has 0 bridgehead atoms. The normalized spacial score (nSPS) is 13.0. The molecule has 0 radical (unpaired) electrons. The van der Waals surface area contributed by atoms with Gasteiger partial charge in [0.05, 0.1) is 17.0 Å².